The molecule has 2 rings (SSSR count). The Kier molecular flexibility index (Phi) is 4.49. The molecular formula is C13H16N2O4S. The largest absolute Gasteiger partial charge is 0.455 e. The Bertz CT molecular complexity index is 540. The van der Waals surface area contributed by atoms with Gasteiger partial charge in [0.2, 0.25) is 11.8 Å². The fourth-order valence-electron chi connectivity index (χ4n) is 2.14. The van der Waals surface area contributed by atoms with Crippen molar-refractivity contribution in [1.82, 2.24) is 10.2 Å². The van der Waals surface area contributed by atoms with E-state index in [-0.39, 0.29) is 12.3 Å². The Hall–Kier alpha value is -1.76. The molecule has 1 unspecified atom stereocenters. The number of furan rings is 1. The number of carbonyl (C=O) groups excluding carboxylic acids is 3. The van der Waals surface area contributed by atoms with Crippen LogP contribution in [0.15, 0.2) is 16.5 Å². The van der Waals surface area contributed by atoms with Crippen LogP contribution in [-0.2, 0) is 15.3 Å². The highest BCUT2D eigenvalue weighted by Gasteiger charge is 2.36. The molecule has 6 nitrogen and oxygen atoms in total. The van der Waals surface area contributed by atoms with Gasteiger partial charge in [0.15, 0.2) is 5.76 Å². The number of piperazine rings is 1. The van der Waals surface area contributed by atoms with Crippen molar-refractivity contribution in [1.29, 1.82) is 0 Å². The summed E-state index contributed by atoms with van der Waals surface area (Å²) in [6.07, 6.45) is 2.38. The fraction of sp³-hybridized carbons (Fsp3) is 0.462. The van der Waals surface area contributed by atoms with Crippen LogP contribution in [0.5, 0.6) is 0 Å². The van der Waals surface area contributed by atoms with Gasteiger partial charge in [0.25, 0.3) is 5.91 Å². The first-order valence-electron chi connectivity index (χ1n) is 6.29. The lowest BCUT2D eigenvalue weighted by Gasteiger charge is -2.32. The normalized spacial score (nSPS) is 19.1. The number of thioether (sulfide) groups is 1. The summed E-state index contributed by atoms with van der Waals surface area (Å²) in [4.78, 5) is 36.8. The van der Waals surface area contributed by atoms with Gasteiger partial charge >= 0.3 is 0 Å². The summed E-state index contributed by atoms with van der Waals surface area (Å²) in [5.41, 5.74) is 0. The van der Waals surface area contributed by atoms with Crippen molar-refractivity contribution in [2.75, 3.05) is 12.8 Å². The molecule has 108 valence electrons. The fourth-order valence-corrected chi connectivity index (χ4v) is 2.58. The molecule has 1 atom stereocenters. The van der Waals surface area contributed by atoms with Crippen LogP contribution in [0, 0.1) is 0 Å². The maximum atomic E-state index is 12.4. The lowest BCUT2D eigenvalue weighted by molar-refractivity contribution is -0.138. The molecule has 1 saturated heterocycles. The average Bonchev–Trinajstić information content (AvgIpc) is 2.86. The topological polar surface area (TPSA) is 79.6 Å². The molecule has 3 amide bonds. The number of amides is 3. The minimum Gasteiger partial charge on any atom is -0.455 e. The van der Waals surface area contributed by atoms with Crippen LogP contribution in [0.2, 0.25) is 0 Å². The van der Waals surface area contributed by atoms with E-state index in [4.69, 9.17) is 4.42 Å². The lowest BCUT2D eigenvalue weighted by Crippen LogP contribution is -2.59. The second-order valence-electron chi connectivity index (χ2n) is 4.47. The Labute approximate surface area is 120 Å². The molecule has 7 heteroatoms. The van der Waals surface area contributed by atoms with Gasteiger partial charge in [0.05, 0.1) is 5.75 Å². The van der Waals surface area contributed by atoms with Gasteiger partial charge in [-0.1, -0.05) is 6.92 Å². The molecular weight excluding hydrogens is 280 g/mol. The second-order valence-corrected chi connectivity index (χ2v) is 5.33. The van der Waals surface area contributed by atoms with Gasteiger partial charge in [-0.15, -0.1) is 0 Å². The van der Waals surface area contributed by atoms with E-state index in [0.717, 1.165) is 0 Å². The Morgan fingerprint density at radius 1 is 1.50 bits per heavy atom. The minimum atomic E-state index is -0.630. The number of nitrogens with one attached hydrogen (secondary N) is 1. The van der Waals surface area contributed by atoms with Crippen LogP contribution in [0.3, 0.4) is 0 Å². The van der Waals surface area contributed by atoms with Gasteiger partial charge < -0.3 is 9.32 Å². The van der Waals surface area contributed by atoms with Gasteiger partial charge in [-0.05, 0) is 24.8 Å². The van der Waals surface area contributed by atoms with Crippen LogP contribution in [0.4, 0.5) is 0 Å². The number of nitrogens with zero attached hydrogens (tertiary/aromatic N) is 1. The highest BCUT2D eigenvalue weighted by Crippen LogP contribution is 2.18. The van der Waals surface area contributed by atoms with Gasteiger partial charge in [0.1, 0.15) is 18.3 Å². The first-order valence-corrected chi connectivity index (χ1v) is 7.68. The van der Waals surface area contributed by atoms with Gasteiger partial charge in [0, 0.05) is 0 Å². The third kappa shape index (κ3) is 2.87. The zero-order chi connectivity index (χ0) is 14.7. The van der Waals surface area contributed by atoms with Crippen molar-refractivity contribution in [3.63, 3.8) is 0 Å². The van der Waals surface area contributed by atoms with Crippen molar-refractivity contribution >= 4 is 29.5 Å². The molecule has 1 aromatic heterocycles. The Morgan fingerprint density at radius 3 is 2.90 bits per heavy atom. The zero-order valence-electron chi connectivity index (χ0n) is 11.3. The Morgan fingerprint density at radius 2 is 2.25 bits per heavy atom. The standard InChI is InChI=1S/C13H16N2O4S/c1-3-9-12(17)14-11(16)6-15(9)13(18)10-5-4-8(19-10)7-20-2/h4-5,9H,3,6-7H2,1-2H3,(H,14,16,17). The van der Waals surface area contributed by atoms with Gasteiger partial charge in [-0.2, -0.15) is 11.8 Å². The van der Waals surface area contributed by atoms with Crippen LogP contribution >= 0.6 is 11.8 Å². The predicted molar refractivity (Wildman–Crippen MR) is 74.2 cm³/mol. The van der Waals surface area contributed by atoms with E-state index in [1.165, 1.54) is 4.90 Å². The van der Waals surface area contributed by atoms with Crippen molar-refractivity contribution in [2.24, 2.45) is 0 Å². The molecule has 1 aromatic rings. The third-order valence-corrected chi connectivity index (χ3v) is 3.64. The molecule has 0 spiro atoms. The summed E-state index contributed by atoms with van der Waals surface area (Å²) in [5, 5.41) is 2.24. The first kappa shape index (κ1) is 14.6. The molecule has 0 bridgehead atoms. The number of rotatable bonds is 4. The summed E-state index contributed by atoms with van der Waals surface area (Å²) < 4.78 is 5.45. The second kappa shape index (κ2) is 6.13. The first-order chi connectivity index (χ1) is 9.56. The molecule has 1 aliphatic heterocycles. The molecule has 0 saturated carbocycles. The molecule has 1 aliphatic rings. The molecule has 1 fully saturated rings. The number of hydrogen-bond acceptors (Lipinski definition) is 5. The Balaban J connectivity index is 2.20. The number of carbonyl (C=O) groups is 3. The van der Waals surface area contributed by atoms with Crippen LogP contribution in [0.1, 0.15) is 29.7 Å². The van der Waals surface area contributed by atoms with E-state index in [1.54, 1.807) is 30.8 Å². The summed E-state index contributed by atoms with van der Waals surface area (Å²) in [6, 6.07) is 2.68. The third-order valence-electron chi connectivity index (χ3n) is 3.06. The quantitative estimate of drug-likeness (QED) is 0.839. The molecule has 0 radical (unpaired) electrons. The van der Waals surface area contributed by atoms with Gasteiger partial charge in [-0.25, -0.2) is 0 Å². The maximum absolute atomic E-state index is 12.4. The van der Waals surface area contributed by atoms with E-state index in [2.05, 4.69) is 5.32 Å². The lowest BCUT2D eigenvalue weighted by atomic mass is 10.1. The van der Waals surface area contributed by atoms with Crippen molar-refractivity contribution < 1.29 is 18.8 Å². The maximum Gasteiger partial charge on any atom is 0.290 e. The predicted octanol–water partition coefficient (Wildman–Crippen LogP) is 1.02. The van der Waals surface area contributed by atoms with E-state index in [9.17, 15) is 14.4 Å². The van der Waals surface area contributed by atoms with E-state index in [0.29, 0.717) is 17.9 Å². The summed E-state index contributed by atoms with van der Waals surface area (Å²) in [6.45, 7) is 1.67. The minimum absolute atomic E-state index is 0.123. The van der Waals surface area contributed by atoms with Crippen molar-refractivity contribution in [3.8, 4) is 0 Å². The van der Waals surface area contributed by atoms with Crippen molar-refractivity contribution in [2.45, 2.75) is 25.1 Å². The smallest absolute Gasteiger partial charge is 0.290 e. The number of hydrogen-bond donors (Lipinski definition) is 1. The summed E-state index contributed by atoms with van der Waals surface area (Å²) in [5.74, 6) is 0.199. The van der Waals surface area contributed by atoms with Crippen LogP contribution < -0.4 is 5.32 Å². The van der Waals surface area contributed by atoms with E-state index < -0.39 is 23.8 Å². The van der Waals surface area contributed by atoms with Crippen LogP contribution in [-0.4, -0.2) is 41.5 Å². The molecule has 20 heavy (non-hydrogen) atoms. The zero-order valence-corrected chi connectivity index (χ0v) is 12.2. The highest BCUT2D eigenvalue weighted by molar-refractivity contribution is 7.97. The number of imide groups is 1. The highest BCUT2D eigenvalue weighted by atomic mass is 32.2. The molecule has 2 heterocycles. The van der Waals surface area contributed by atoms with Crippen molar-refractivity contribution in [3.05, 3.63) is 23.7 Å². The monoisotopic (exact) mass is 296 g/mol. The average molecular weight is 296 g/mol. The van der Waals surface area contributed by atoms with Gasteiger partial charge in [-0.3, -0.25) is 19.7 Å². The summed E-state index contributed by atoms with van der Waals surface area (Å²) >= 11 is 1.58. The molecule has 1 N–H and O–H groups in total. The molecule has 0 aromatic carbocycles. The van der Waals surface area contributed by atoms with E-state index >= 15 is 0 Å². The van der Waals surface area contributed by atoms with E-state index in [1.807, 2.05) is 6.26 Å². The van der Waals surface area contributed by atoms with Crippen LogP contribution in [0.25, 0.3) is 0 Å². The summed E-state index contributed by atoms with van der Waals surface area (Å²) in [7, 11) is 0. The molecule has 0 aliphatic carbocycles. The SMILES string of the molecule is CCC1C(=O)NC(=O)CN1C(=O)c1ccc(CSC)o1.